The number of nitrogens with one attached hydrogen (secondary N) is 1. The Morgan fingerprint density at radius 2 is 1.84 bits per heavy atom. The van der Waals surface area contributed by atoms with E-state index < -0.39 is 4.92 Å². The number of methoxy groups -OCH3 is 2. The largest absolute Gasteiger partial charge is 0.493 e. The number of hydrogen-bond acceptors (Lipinski definition) is 6. The van der Waals surface area contributed by atoms with Gasteiger partial charge in [0.25, 0.3) is 5.69 Å². The maximum absolute atomic E-state index is 11.3. The van der Waals surface area contributed by atoms with Gasteiger partial charge in [-0.05, 0) is 24.3 Å². The average molecular weight is 428 g/mol. The van der Waals surface area contributed by atoms with Gasteiger partial charge in [0.1, 0.15) is 0 Å². The first-order valence-electron chi connectivity index (χ1n) is 10.0. The van der Waals surface area contributed by atoms with Crippen LogP contribution in [0.1, 0.15) is 17.2 Å². The van der Waals surface area contributed by atoms with Gasteiger partial charge in [0.2, 0.25) is 5.95 Å². The molecule has 0 saturated heterocycles. The van der Waals surface area contributed by atoms with Crippen LogP contribution in [-0.4, -0.2) is 28.7 Å². The number of allylic oxidation sites excluding steroid dienone is 1. The van der Waals surface area contributed by atoms with Crippen LogP contribution >= 0.6 is 0 Å². The van der Waals surface area contributed by atoms with Crippen molar-refractivity contribution in [2.24, 2.45) is 0 Å². The number of nitro benzene ring substituents is 1. The van der Waals surface area contributed by atoms with Crippen LogP contribution in [0, 0.1) is 10.1 Å². The van der Waals surface area contributed by atoms with E-state index in [1.165, 1.54) is 6.07 Å². The van der Waals surface area contributed by atoms with E-state index in [9.17, 15) is 10.1 Å². The van der Waals surface area contributed by atoms with Crippen LogP contribution in [0.3, 0.4) is 0 Å². The highest BCUT2D eigenvalue weighted by Gasteiger charge is 2.28. The topological polar surface area (TPSA) is 91.5 Å². The van der Waals surface area contributed by atoms with Gasteiger partial charge in [0.05, 0.1) is 36.2 Å². The fourth-order valence-corrected chi connectivity index (χ4v) is 4.14. The lowest BCUT2D eigenvalue weighted by atomic mass is 9.99. The van der Waals surface area contributed by atoms with Crippen molar-refractivity contribution >= 4 is 28.4 Å². The zero-order valence-corrected chi connectivity index (χ0v) is 17.5. The number of ether oxygens (including phenoxy) is 2. The highest BCUT2D eigenvalue weighted by atomic mass is 16.6. The normalized spacial score (nSPS) is 14.9. The maximum atomic E-state index is 11.3. The van der Waals surface area contributed by atoms with Gasteiger partial charge in [-0.3, -0.25) is 14.7 Å². The molecular formula is C24H20N4O4. The maximum Gasteiger partial charge on any atom is 0.270 e. The molecule has 8 nitrogen and oxygen atoms in total. The van der Waals surface area contributed by atoms with Crippen molar-refractivity contribution in [2.75, 3.05) is 19.5 Å². The number of non-ortho nitro benzene ring substituents is 1. The van der Waals surface area contributed by atoms with Gasteiger partial charge in [0, 0.05) is 29.0 Å². The number of benzene rings is 3. The molecule has 0 spiro atoms. The van der Waals surface area contributed by atoms with Crippen molar-refractivity contribution < 1.29 is 14.4 Å². The van der Waals surface area contributed by atoms with E-state index in [1.54, 1.807) is 26.4 Å². The van der Waals surface area contributed by atoms with E-state index >= 15 is 0 Å². The molecule has 2 heterocycles. The molecule has 4 aromatic rings. The summed E-state index contributed by atoms with van der Waals surface area (Å²) in [7, 11) is 3.22. The number of hydrogen-bond donors (Lipinski definition) is 1. The fourth-order valence-electron chi connectivity index (χ4n) is 4.14. The van der Waals surface area contributed by atoms with Crippen LogP contribution < -0.4 is 14.8 Å². The monoisotopic (exact) mass is 428 g/mol. The van der Waals surface area contributed by atoms with E-state index in [-0.39, 0.29) is 11.7 Å². The number of para-hydroxylation sites is 3. The fraction of sp³-hybridized carbons (Fsp3) is 0.125. The number of rotatable bonds is 5. The molecule has 1 aliphatic rings. The van der Waals surface area contributed by atoms with Gasteiger partial charge >= 0.3 is 0 Å². The van der Waals surface area contributed by atoms with Crippen molar-refractivity contribution in [1.82, 2.24) is 9.55 Å². The first-order chi connectivity index (χ1) is 15.6. The first kappa shape index (κ1) is 19.6. The first-order valence-corrected chi connectivity index (χ1v) is 10.0. The molecule has 8 heteroatoms. The Hall–Kier alpha value is -4.33. The minimum absolute atomic E-state index is 0.0276. The van der Waals surface area contributed by atoms with Gasteiger partial charge in [-0.2, -0.15) is 0 Å². The molecule has 0 unspecified atom stereocenters. The smallest absolute Gasteiger partial charge is 0.270 e. The summed E-state index contributed by atoms with van der Waals surface area (Å²) < 4.78 is 13.3. The second-order valence-electron chi connectivity index (χ2n) is 7.33. The molecular weight excluding hydrogens is 408 g/mol. The van der Waals surface area contributed by atoms with Gasteiger partial charge in [-0.15, -0.1) is 0 Å². The summed E-state index contributed by atoms with van der Waals surface area (Å²) >= 11 is 0. The van der Waals surface area contributed by atoms with Crippen molar-refractivity contribution in [3.05, 3.63) is 94.0 Å². The van der Waals surface area contributed by atoms with Crippen LogP contribution in [0.4, 0.5) is 11.6 Å². The molecule has 0 amide bonds. The van der Waals surface area contributed by atoms with E-state index in [4.69, 9.17) is 14.5 Å². The molecule has 3 aromatic carbocycles. The SMILES string of the molecule is COc1cccc([C@H]2C=C(c3cccc([N+](=O)[O-])c3)Nc3nc4ccccc4n32)c1OC. The second-order valence-corrected chi connectivity index (χ2v) is 7.33. The van der Waals surface area contributed by atoms with E-state index in [2.05, 4.69) is 9.88 Å². The summed E-state index contributed by atoms with van der Waals surface area (Å²) in [5.41, 5.74) is 4.14. The van der Waals surface area contributed by atoms with Gasteiger partial charge in [-0.1, -0.05) is 36.4 Å². The summed E-state index contributed by atoms with van der Waals surface area (Å²) in [5.74, 6) is 1.89. The van der Waals surface area contributed by atoms with Crippen LogP contribution in [0.2, 0.25) is 0 Å². The third-order valence-electron chi connectivity index (χ3n) is 5.57. The Bertz CT molecular complexity index is 1380. The summed E-state index contributed by atoms with van der Waals surface area (Å²) in [5, 5.41) is 14.7. The summed E-state index contributed by atoms with van der Waals surface area (Å²) in [6.07, 6.45) is 2.03. The summed E-state index contributed by atoms with van der Waals surface area (Å²) in [6, 6.07) is 19.9. The van der Waals surface area contributed by atoms with Crippen LogP contribution in [0.5, 0.6) is 11.5 Å². The third kappa shape index (κ3) is 3.13. The number of fused-ring (bicyclic) bond motifs is 3. The van der Waals surface area contributed by atoms with Crippen LogP contribution in [0.15, 0.2) is 72.8 Å². The molecule has 5 rings (SSSR count). The summed E-state index contributed by atoms with van der Waals surface area (Å²) in [6.45, 7) is 0. The minimum Gasteiger partial charge on any atom is -0.493 e. The second kappa shape index (κ2) is 7.73. The molecule has 160 valence electrons. The zero-order valence-electron chi connectivity index (χ0n) is 17.5. The lowest BCUT2D eigenvalue weighted by Crippen LogP contribution is -2.19. The molecule has 32 heavy (non-hydrogen) atoms. The number of nitro groups is 1. The van der Waals surface area contributed by atoms with Crippen molar-refractivity contribution in [3.8, 4) is 11.5 Å². The quantitative estimate of drug-likeness (QED) is 0.355. The van der Waals surface area contributed by atoms with Crippen molar-refractivity contribution in [1.29, 1.82) is 0 Å². The lowest BCUT2D eigenvalue weighted by molar-refractivity contribution is -0.384. The highest BCUT2D eigenvalue weighted by Crippen LogP contribution is 2.43. The third-order valence-corrected chi connectivity index (χ3v) is 5.57. The van der Waals surface area contributed by atoms with Gasteiger partial charge in [-0.25, -0.2) is 4.98 Å². The lowest BCUT2D eigenvalue weighted by Gasteiger charge is -2.28. The van der Waals surface area contributed by atoms with Crippen molar-refractivity contribution in [2.45, 2.75) is 6.04 Å². The zero-order chi connectivity index (χ0) is 22.2. The Balaban J connectivity index is 1.75. The van der Waals surface area contributed by atoms with Gasteiger partial charge in [0.15, 0.2) is 11.5 Å². The Morgan fingerprint density at radius 3 is 2.62 bits per heavy atom. The Morgan fingerprint density at radius 1 is 1.03 bits per heavy atom. The Kier molecular flexibility index (Phi) is 4.74. The molecule has 1 atom stereocenters. The van der Waals surface area contributed by atoms with E-state index in [0.29, 0.717) is 23.0 Å². The minimum atomic E-state index is -0.398. The highest BCUT2D eigenvalue weighted by molar-refractivity contribution is 5.86. The Labute approximate surface area is 183 Å². The van der Waals surface area contributed by atoms with Crippen molar-refractivity contribution in [3.63, 3.8) is 0 Å². The molecule has 0 aliphatic carbocycles. The predicted molar refractivity (Wildman–Crippen MR) is 122 cm³/mol. The number of imidazole rings is 1. The number of anilines is 1. The summed E-state index contributed by atoms with van der Waals surface area (Å²) in [4.78, 5) is 15.7. The molecule has 0 bridgehead atoms. The number of aromatic nitrogens is 2. The van der Waals surface area contributed by atoms with Gasteiger partial charge < -0.3 is 14.8 Å². The molecule has 1 aliphatic heterocycles. The molecule has 0 radical (unpaired) electrons. The predicted octanol–water partition coefficient (Wildman–Crippen LogP) is 5.02. The van der Waals surface area contributed by atoms with Crippen LogP contribution in [-0.2, 0) is 0 Å². The molecule has 1 N–H and O–H groups in total. The standard InChI is InChI=1S/C24H20N4O4/c1-31-22-12-6-9-17(23(22)32-2)21-14-19(15-7-5-8-16(13-15)28(29)30)26-24-25-18-10-3-4-11-20(18)27(21)24/h3-14,21H,1-2H3,(H,25,26)/t21-/m1/s1. The average Bonchev–Trinajstić information content (AvgIpc) is 3.21. The molecule has 1 aromatic heterocycles. The molecule has 0 saturated carbocycles. The van der Waals surface area contributed by atoms with E-state index in [1.807, 2.05) is 54.6 Å². The number of nitrogens with zero attached hydrogens (tertiary/aromatic N) is 3. The van der Waals surface area contributed by atoms with E-state index in [0.717, 1.165) is 22.3 Å². The molecule has 0 fully saturated rings. The van der Waals surface area contributed by atoms with Crippen LogP contribution in [0.25, 0.3) is 16.7 Å².